The van der Waals surface area contributed by atoms with Crippen LogP contribution < -0.4 is 10.2 Å². The first-order valence-electron chi connectivity index (χ1n) is 11.9. The minimum Gasteiger partial charge on any atom is -0.353 e. The Morgan fingerprint density at radius 1 is 1.12 bits per heavy atom. The van der Waals surface area contributed by atoms with Gasteiger partial charge in [-0.25, -0.2) is 8.42 Å². The standard InChI is InChI=1S/C23H34N4O4S2/c1-17-6-5-7-18(2)26(17)13-10-24-22(28)15-27-20-14-19(8-9-21(20)32-16-23(27)29)33(30,31)25-11-3-4-12-25/h8-9,14,17-18H,3-7,10-13,15-16H2,1-2H3,(H,24,28)/t17-,18-/m1/s1. The monoisotopic (exact) mass is 494 g/mol. The van der Waals surface area contributed by atoms with E-state index < -0.39 is 10.0 Å². The third-order valence-electron chi connectivity index (χ3n) is 6.95. The zero-order valence-electron chi connectivity index (χ0n) is 19.5. The van der Waals surface area contributed by atoms with Crippen LogP contribution in [0.4, 0.5) is 5.69 Å². The number of sulfonamides is 1. The Morgan fingerprint density at radius 3 is 2.52 bits per heavy atom. The summed E-state index contributed by atoms with van der Waals surface area (Å²) in [4.78, 5) is 30.2. The number of nitrogens with zero attached hydrogens (tertiary/aromatic N) is 3. The lowest BCUT2D eigenvalue weighted by molar-refractivity contribution is -0.123. The number of carbonyl (C=O) groups excluding carboxylic acids is 2. The highest BCUT2D eigenvalue weighted by Gasteiger charge is 2.32. The van der Waals surface area contributed by atoms with E-state index in [1.54, 1.807) is 18.2 Å². The van der Waals surface area contributed by atoms with Gasteiger partial charge in [0.25, 0.3) is 0 Å². The van der Waals surface area contributed by atoms with E-state index in [4.69, 9.17) is 0 Å². The summed E-state index contributed by atoms with van der Waals surface area (Å²) in [5, 5.41) is 2.95. The summed E-state index contributed by atoms with van der Waals surface area (Å²) in [5.74, 6) is -0.177. The van der Waals surface area contributed by atoms with Crippen molar-refractivity contribution in [3.8, 4) is 0 Å². The minimum absolute atomic E-state index is 0.106. The van der Waals surface area contributed by atoms with Crippen molar-refractivity contribution in [1.29, 1.82) is 0 Å². The molecule has 33 heavy (non-hydrogen) atoms. The topological polar surface area (TPSA) is 90.0 Å². The van der Waals surface area contributed by atoms with Crippen LogP contribution in [0.25, 0.3) is 0 Å². The highest BCUT2D eigenvalue weighted by molar-refractivity contribution is 8.00. The van der Waals surface area contributed by atoms with E-state index in [1.165, 1.54) is 40.2 Å². The number of hydrogen-bond acceptors (Lipinski definition) is 6. The molecule has 0 bridgehead atoms. The van der Waals surface area contributed by atoms with Crippen LogP contribution in [0, 0.1) is 0 Å². The lowest BCUT2D eigenvalue weighted by atomic mass is 9.98. The van der Waals surface area contributed by atoms with Gasteiger partial charge in [-0.1, -0.05) is 6.42 Å². The van der Waals surface area contributed by atoms with Crippen LogP contribution in [-0.2, 0) is 19.6 Å². The Bertz CT molecular complexity index is 984. The van der Waals surface area contributed by atoms with E-state index in [1.807, 2.05) is 0 Å². The highest BCUT2D eigenvalue weighted by Crippen LogP contribution is 2.37. The SMILES string of the molecule is C[C@@H]1CCC[C@@H](C)N1CCNC(=O)CN1C(=O)CSc2ccc(S(=O)(=O)N3CCCC3)cc21. The molecule has 1 aromatic rings. The minimum atomic E-state index is -3.60. The number of likely N-dealkylation sites (tertiary alicyclic amines) is 1. The van der Waals surface area contributed by atoms with E-state index >= 15 is 0 Å². The van der Waals surface area contributed by atoms with Gasteiger partial charge in [-0.15, -0.1) is 11.8 Å². The average molecular weight is 495 g/mol. The van der Waals surface area contributed by atoms with Crippen LogP contribution in [0.2, 0.25) is 0 Å². The fourth-order valence-electron chi connectivity index (χ4n) is 5.03. The average Bonchev–Trinajstić information content (AvgIpc) is 3.33. The van der Waals surface area contributed by atoms with Crippen molar-refractivity contribution in [2.45, 2.75) is 67.8 Å². The van der Waals surface area contributed by atoms with Crippen LogP contribution in [0.3, 0.4) is 0 Å². The van der Waals surface area contributed by atoms with E-state index in [0.29, 0.717) is 37.4 Å². The normalized spacial score (nSPS) is 24.7. The molecule has 0 saturated carbocycles. The van der Waals surface area contributed by atoms with Gasteiger partial charge in [0.2, 0.25) is 21.8 Å². The van der Waals surface area contributed by atoms with Crippen molar-refractivity contribution >= 4 is 39.3 Å². The number of benzene rings is 1. The van der Waals surface area contributed by atoms with Crippen LogP contribution in [0.15, 0.2) is 28.0 Å². The molecule has 0 aliphatic carbocycles. The molecule has 4 rings (SSSR count). The maximum absolute atomic E-state index is 13.0. The number of hydrogen-bond donors (Lipinski definition) is 1. The maximum Gasteiger partial charge on any atom is 0.243 e. The molecule has 0 unspecified atom stereocenters. The van der Waals surface area contributed by atoms with Crippen molar-refractivity contribution in [2.24, 2.45) is 0 Å². The zero-order valence-corrected chi connectivity index (χ0v) is 21.1. The van der Waals surface area contributed by atoms with E-state index in [-0.39, 0.29) is 29.0 Å². The molecule has 1 N–H and O–H groups in total. The van der Waals surface area contributed by atoms with Gasteiger partial charge in [0.05, 0.1) is 16.3 Å². The highest BCUT2D eigenvalue weighted by atomic mass is 32.2. The predicted octanol–water partition coefficient (Wildman–Crippen LogP) is 2.29. The summed E-state index contributed by atoms with van der Waals surface area (Å²) in [5.41, 5.74) is 0.505. The lowest BCUT2D eigenvalue weighted by Crippen LogP contribution is -2.49. The zero-order chi connectivity index (χ0) is 23.6. The van der Waals surface area contributed by atoms with Crippen molar-refractivity contribution in [2.75, 3.05) is 43.4 Å². The fourth-order valence-corrected chi connectivity index (χ4v) is 7.49. The van der Waals surface area contributed by atoms with Crippen LogP contribution in [0.5, 0.6) is 0 Å². The summed E-state index contributed by atoms with van der Waals surface area (Å²) in [6.45, 7) is 6.71. The second kappa shape index (κ2) is 10.3. The smallest absolute Gasteiger partial charge is 0.243 e. The van der Waals surface area contributed by atoms with Gasteiger partial charge in [0.15, 0.2) is 0 Å². The first-order chi connectivity index (χ1) is 15.8. The van der Waals surface area contributed by atoms with Crippen molar-refractivity contribution in [1.82, 2.24) is 14.5 Å². The second-order valence-electron chi connectivity index (χ2n) is 9.23. The number of amides is 2. The molecule has 3 aliphatic heterocycles. The Labute approximate surface area is 201 Å². The van der Waals surface area contributed by atoms with Crippen LogP contribution in [0.1, 0.15) is 46.0 Å². The molecular weight excluding hydrogens is 460 g/mol. The number of fused-ring (bicyclic) bond motifs is 1. The molecule has 10 heteroatoms. The van der Waals surface area contributed by atoms with Crippen molar-refractivity contribution in [3.05, 3.63) is 18.2 Å². The summed E-state index contributed by atoms with van der Waals surface area (Å²) in [6, 6.07) is 5.93. The third-order valence-corrected chi connectivity index (χ3v) is 9.89. The van der Waals surface area contributed by atoms with Crippen molar-refractivity contribution < 1.29 is 18.0 Å². The Morgan fingerprint density at radius 2 is 1.82 bits per heavy atom. The Hall–Kier alpha value is -1.62. The summed E-state index contributed by atoms with van der Waals surface area (Å²) in [7, 11) is -3.60. The number of anilines is 1. The summed E-state index contributed by atoms with van der Waals surface area (Å²) < 4.78 is 27.5. The van der Waals surface area contributed by atoms with Crippen LogP contribution in [-0.4, -0.2) is 80.0 Å². The van der Waals surface area contributed by atoms with Gasteiger partial charge in [0, 0.05) is 43.2 Å². The lowest BCUT2D eigenvalue weighted by Gasteiger charge is -2.39. The van der Waals surface area contributed by atoms with E-state index in [9.17, 15) is 18.0 Å². The van der Waals surface area contributed by atoms with Gasteiger partial charge in [-0.3, -0.25) is 14.5 Å². The molecule has 0 aromatic heterocycles. The quantitative estimate of drug-likeness (QED) is 0.626. The Balaban J connectivity index is 1.43. The molecule has 3 aliphatic rings. The summed E-state index contributed by atoms with van der Waals surface area (Å²) in [6.07, 6.45) is 5.32. The van der Waals surface area contributed by atoms with E-state index in [2.05, 4.69) is 24.1 Å². The fraction of sp³-hybridized carbons (Fsp3) is 0.652. The molecule has 182 valence electrons. The maximum atomic E-state index is 13.0. The van der Waals surface area contributed by atoms with Gasteiger partial charge >= 0.3 is 0 Å². The molecule has 2 atom stereocenters. The van der Waals surface area contributed by atoms with Gasteiger partial charge in [-0.2, -0.15) is 4.31 Å². The molecule has 0 radical (unpaired) electrons. The molecule has 2 fully saturated rings. The largest absolute Gasteiger partial charge is 0.353 e. The number of carbonyl (C=O) groups is 2. The molecule has 0 spiro atoms. The number of nitrogens with one attached hydrogen (secondary N) is 1. The van der Waals surface area contributed by atoms with Crippen molar-refractivity contribution in [3.63, 3.8) is 0 Å². The molecule has 2 amide bonds. The molecule has 1 aromatic carbocycles. The van der Waals surface area contributed by atoms with Gasteiger partial charge < -0.3 is 10.2 Å². The van der Waals surface area contributed by atoms with Crippen LogP contribution >= 0.6 is 11.8 Å². The number of rotatable bonds is 7. The predicted molar refractivity (Wildman–Crippen MR) is 130 cm³/mol. The molecule has 2 saturated heterocycles. The van der Waals surface area contributed by atoms with Gasteiger partial charge in [-0.05, 0) is 57.7 Å². The first-order valence-corrected chi connectivity index (χ1v) is 14.3. The number of thioether (sulfide) groups is 1. The van der Waals surface area contributed by atoms with E-state index in [0.717, 1.165) is 24.3 Å². The first kappa shape index (κ1) is 24.5. The second-order valence-corrected chi connectivity index (χ2v) is 12.2. The summed E-state index contributed by atoms with van der Waals surface area (Å²) >= 11 is 1.38. The number of piperidine rings is 1. The Kier molecular flexibility index (Phi) is 7.67. The molecular formula is C23H34N4O4S2. The van der Waals surface area contributed by atoms with Gasteiger partial charge in [0.1, 0.15) is 6.54 Å². The third kappa shape index (κ3) is 5.39. The molecule has 3 heterocycles. The molecule has 8 nitrogen and oxygen atoms in total.